The minimum atomic E-state index is 0.718. The van der Waals surface area contributed by atoms with Crippen LogP contribution in [0.25, 0.3) is 5.69 Å². The van der Waals surface area contributed by atoms with Crippen LogP contribution in [-0.4, -0.2) is 45.1 Å². The zero-order valence-electron chi connectivity index (χ0n) is 11.8. The average Bonchev–Trinajstić information content (AvgIpc) is 2.92. The molecule has 0 saturated carbocycles. The molecule has 4 nitrogen and oxygen atoms in total. The lowest BCUT2D eigenvalue weighted by Crippen LogP contribution is -2.25. The molecule has 0 spiro atoms. The fourth-order valence-corrected chi connectivity index (χ4v) is 3.04. The van der Waals surface area contributed by atoms with E-state index in [9.17, 15) is 0 Å². The van der Waals surface area contributed by atoms with Gasteiger partial charge in [0.2, 0.25) is 0 Å². The van der Waals surface area contributed by atoms with Crippen molar-refractivity contribution in [2.24, 2.45) is 0 Å². The zero-order valence-corrected chi connectivity index (χ0v) is 13.4. The highest BCUT2D eigenvalue weighted by molar-refractivity contribution is 7.99. The van der Waals surface area contributed by atoms with E-state index in [0.717, 1.165) is 41.3 Å². The van der Waals surface area contributed by atoms with Gasteiger partial charge in [-0.2, -0.15) is 0 Å². The molecule has 0 N–H and O–H groups in total. The van der Waals surface area contributed by atoms with Crippen LogP contribution < -0.4 is 0 Å². The van der Waals surface area contributed by atoms with Gasteiger partial charge in [0.15, 0.2) is 5.16 Å². The first kappa shape index (κ1) is 15.4. The summed E-state index contributed by atoms with van der Waals surface area (Å²) in [4.78, 5) is 2.40. The van der Waals surface area contributed by atoms with E-state index >= 15 is 0 Å². The Morgan fingerprint density at radius 3 is 2.80 bits per heavy atom. The summed E-state index contributed by atoms with van der Waals surface area (Å²) in [5, 5.41) is 9.81. The lowest BCUT2D eigenvalue weighted by Gasteiger charge is -2.17. The smallest absolute Gasteiger partial charge is 0.195 e. The topological polar surface area (TPSA) is 34.0 Å². The molecule has 0 amide bonds. The summed E-state index contributed by atoms with van der Waals surface area (Å²) in [6.45, 7) is 7.58. The van der Waals surface area contributed by atoms with Crippen LogP contribution in [0.2, 0.25) is 5.02 Å². The number of rotatable bonds is 7. The SMILES string of the molecule is CCN(CC)CCSc1nncn1-c1cccc(Cl)c1. The molecule has 0 atom stereocenters. The van der Waals surface area contributed by atoms with E-state index in [1.807, 2.05) is 28.8 Å². The Labute approximate surface area is 129 Å². The van der Waals surface area contributed by atoms with Crippen LogP contribution in [0.4, 0.5) is 0 Å². The van der Waals surface area contributed by atoms with Gasteiger partial charge in [-0.25, -0.2) is 0 Å². The van der Waals surface area contributed by atoms with Crippen molar-refractivity contribution in [1.29, 1.82) is 0 Å². The largest absolute Gasteiger partial charge is 0.303 e. The van der Waals surface area contributed by atoms with Gasteiger partial charge in [-0.05, 0) is 31.3 Å². The molecule has 0 fully saturated rings. The molecule has 1 aromatic heterocycles. The van der Waals surface area contributed by atoms with Gasteiger partial charge >= 0.3 is 0 Å². The predicted octanol–water partition coefficient (Wildman–Crippen LogP) is 3.35. The molecule has 0 aliphatic rings. The van der Waals surface area contributed by atoms with Crippen molar-refractivity contribution in [2.45, 2.75) is 19.0 Å². The maximum absolute atomic E-state index is 6.03. The molecule has 2 aromatic rings. The number of benzene rings is 1. The third-order valence-corrected chi connectivity index (χ3v) is 4.29. The van der Waals surface area contributed by atoms with Gasteiger partial charge in [0.25, 0.3) is 0 Å². The third kappa shape index (κ3) is 3.98. The summed E-state index contributed by atoms with van der Waals surface area (Å²) in [7, 11) is 0. The molecule has 0 unspecified atom stereocenters. The number of hydrogen-bond acceptors (Lipinski definition) is 4. The van der Waals surface area contributed by atoms with Crippen LogP contribution in [0.1, 0.15) is 13.8 Å². The second-order valence-electron chi connectivity index (χ2n) is 4.34. The predicted molar refractivity (Wildman–Crippen MR) is 84.9 cm³/mol. The average molecular weight is 311 g/mol. The molecule has 0 saturated heterocycles. The highest BCUT2D eigenvalue weighted by Gasteiger charge is 2.08. The minimum absolute atomic E-state index is 0.718. The molecule has 1 heterocycles. The van der Waals surface area contributed by atoms with E-state index in [0.29, 0.717) is 0 Å². The van der Waals surface area contributed by atoms with Gasteiger partial charge in [-0.15, -0.1) is 10.2 Å². The molecular formula is C14H19ClN4S. The molecule has 0 radical (unpaired) electrons. The molecule has 20 heavy (non-hydrogen) atoms. The van der Waals surface area contributed by atoms with Gasteiger partial charge in [0.05, 0.1) is 5.69 Å². The van der Waals surface area contributed by atoms with Crippen molar-refractivity contribution in [3.8, 4) is 5.69 Å². The highest BCUT2D eigenvalue weighted by Crippen LogP contribution is 2.21. The number of halogens is 1. The Hall–Kier alpha value is -1.04. The summed E-state index contributed by atoms with van der Waals surface area (Å²) < 4.78 is 1.97. The molecule has 0 aliphatic carbocycles. The van der Waals surface area contributed by atoms with Crippen molar-refractivity contribution in [3.05, 3.63) is 35.6 Å². The van der Waals surface area contributed by atoms with E-state index in [4.69, 9.17) is 11.6 Å². The fourth-order valence-electron chi connectivity index (χ4n) is 1.93. The van der Waals surface area contributed by atoms with E-state index in [1.165, 1.54) is 0 Å². The van der Waals surface area contributed by atoms with Crippen molar-refractivity contribution in [1.82, 2.24) is 19.7 Å². The summed E-state index contributed by atoms with van der Waals surface area (Å²) >= 11 is 7.75. The van der Waals surface area contributed by atoms with E-state index in [1.54, 1.807) is 18.1 Å². The quantitative estimate of drug-likeness (QED) is 0.734. The van der Waals surface area contributed by atoms with E-state index in [-0.39, 0.29) is 0 Å². The Kier molecular flexibility index (Phi) is 5.88. The minimum Gasteiger partial charge on any atom is -0.303 e. The summed E-state index contributed by atoms with van der Waals surface area (Å²) in [6.07, 6.45) is 1.73. The highest BCUT2D eigenvalue weighted by atomic mass is 35.5. The molecule has 2 rings (SSSR count). The van der Waals surface area contributed by atoms with Crippen LogP contribution >= 0.6 is 23.4 Å². The number of aromatic nitrogens is 3. The van der Waals surface area contributed by atoms with Gasteiger partial charge in [0, 0.05) is 17.3 Å². The maximum Gasteiger partial charge on any atom is 0.195 e. The monoisotopic (exact) mass is 310 g/mol. The first-order valence-corrected chi connectivity index (χ1v) is 8.12. The van der Waals surface area contributed by atoms with Crippen molar-refractivity contribution >= 4 is 23.4 Å². The van der Waals surface area contributed by atoms with Gasteiger partial charge in [0.1, 0.15) is 6.33 Å². The van der Waals surface area contributed by atoms with Gasteiger partial charge < -0.3 is 4.90 Å². The number of hydrogen-bond donors (Lipinski definition) is 0. The molecule has 108 valence electrons. The second-order valence-corrected chi connectivity index (χ2v) is 5.84. The second kappa shape index (κ2) is 7.67. The van der Waals surface area contributed by atoms with E-state index in [2.05, 4.69) is 28.9 Å². The van der Waals surface area contributed by atoms with Crippen LogP contribution in [0.3, 0.4) is 0 Å². The number of thioether (sulfide) groups is 1. The molecule has 0 aliphatic heterocycles. The Morgan fingerprint density at radius 1 is 1.30 bits per heavy atom. The Morgan fingerprint density at radius 2 is 2.10 bits per heavy atom. The third-order valence-electron chi connectivity index (χ3n) is 3.14. The summed E-state index contributed by atoms with van der Waals surface area (Å²) in [5.74, 6) is 1.00. The zero-order chi connectivity index (χ0) is 14.4. The summed E-state index contributed by atoms with van der Waals surface area (Å²) in [6, 6.07) is 7.72. The Balaban J connectivity index is 2.02. The lowest BCUT2D eigenvalue weighted by atomic mass is 10.3. The molecule has 1 aromatic carbocycles. The van der Waals surface area contributed by atoms with Crippen LogP contribution in [0.5, 0.6) is 0 Å². The fraction of sp³-hybridized carbons (Fsp3) is 0.429. The van der Waals surface area contributed by atoms with Crippen molar-refractivity contribution < 1.29 is 0 Å². The van der Waals surface area contributed by atoms with E-state index < -0.39 is 0 Å². The first-order chi connectivity index (χ1) is 9.74. The van der Waals surface area contributed by atoms with Crippen LogP contribution in [0.15, 0.2) is 35.7 Å². The Bertz CT molecular complexity index is 539. The first-order valence-electron chi connectivity index (χ1n) is 6.75. The van der Waals surface area contributed by atoms with Crippen molar-refractivity contribution in [2.75, 3.05) is 25.4 Å². The standard InChI is InChI=1S/C14H19ClN4S/c1-3-18(4-2)8-9-20-14-17-16-11-19(14)13-7-5-6-12(15)10-13/h5-7,10-11H,3-4,8-9H2,1-2H3. The van der Waals surface area contributed by atoms with Gasteiger partial charge in [-0.3, -0.25) is 4.57 Å². The normalized spacial score (nSPS) is 11.2. The number of nitrogens with zero attached hydrogens (tertiary/aromatic N) is 4. The van der Waals surface area contributed by atoms with Crippen molar-refractivity contribution in [3.63, 3.8) is 0 Å². The maximum atomic E-state index is 6.03. The van der Waals surface area contributed by atoms with Crippen LogP contribution in [0, 0.1) is 0 Å². The molecule has 0 bridgehead atoms. The lowest BCUT2D eigenvalue weighted by molar-refractivity contribution is 0.324. The van der Waals surface area contributed by atoms with Gasteiger partial charge in [-0.1, -0.05) is 43.3 Å². The van der Waals surface area contributed by atoms with Crippen LogP contribution in [-0.2, 0) is 0 Å². The summed E-state index contributed by atoms with van der Waals surface area (Å²) in [5.41, 5.74) is 0.993. The molecule has 6 heteroatoms. The molecular weight excluding hydrogens is 292 g/mol.